The predicted molar refractivity (Wildman–Crippen MR) is 72.6 cm³/mol. The summed E-state index contributed by atoms with van der Waals surface area (Å²) in [5, 5.41) is 2.31. The van der Waals surface area contributed by atoms with E-state index in [1.165, 1.54) is 16.4 Å². The van der Waals surface area contributed by atoms with Gasteiger partial charge < -0.3 is 4.57 Å². The first-order chi connectivity index (χ1) is 8.66. The fraction of sp³-hybridized carbons (Fsp3) is 0.200. The Morgan fingerprint density at radius 2 is 2.00 bits per heavy atom. The molecule has 0 saturated heterocycles. The molecule has 3 aromatic rings. The molecule has 0 amide bonds. The SMILES string of the molecule is CC(=O)Cc1ccc2c(c1)c1cnccc1n2C. The van der Waals surface area contributed by atoms with Crippen LogP contribution in [0.4, 0.5) is 0 Å². The Morgan fingerprint density at radius 3 is 2.78 bits per heavy atom. The molecule has 90 valence electrons. The lowest BCUT2D eigenvalue weighted by molar-refractivity contribution is -0.116. The van der Waals surface area contributed by atoms with E-state index in [1.54, 1.807) is 13.1 Å². The van der Waals surface area contributed by atoms with Crippen LogP contribution in [0.3, 0.4) is 0 Å². The molecule has 1 aromatic carbocycles. The highest BCUT2D eigenvalue weighted by Gasteiger charge is 2.08. The first-order valence-electron chi connectivity index (χ1n) is 5.97. The summed E-state index contributed by atoms with van der Waals surface area (Å²) in [5.41, 5.74) is 3.40. The molecule has 3 rings (SSSR count). The summed E-state index contributed by atoms with van der Waals surface area (Å²) in [4.78, 5) is 15.4. The molecule has 0 atom stereocenters. The van der Waals surface area contributed by atoms with E-state index in [9.17, 15) is 4.79 Å². The molecule has 2 heterocycles. The predicted octanol–water partition coefficient (Wildman–Crippen LogP) is 2.86. The Bertz CT molecular complexity index is 756. The number of pyridine rings is 1. The average molecular weight is 238 g/mol. The normalized spacial score (nSPS) is 11.2. The first kappa shape index (κ1) is 11.0. The standard InChI is InChI=1S/C15H14N2O/c1-10(18)7-11-3-4-14-12(8-11)13-9-16-6-5-15(13)17(14)2/h3-6,8-9H,7H2,1-2H3. The maximum atomic E-state index is 11.2. The van der Waals surface area contributed by atoms with Crippen LogP contribution >= 0.6 is 0 Å². The highest BCUT2D eigenvalue weighted by Crippen LogP contribution is 2.28. The zero-order valence-corrected chi connectivity index (χ0v) is 10.5. The monoisotopic (exact) mass is 238 g/mol. The number of aryl methyl sites for hydroxylation is 1. The van der Waals surface area contributed by atoms with Crippen molar-refractivity contribution < 1.29 is 4.79 Å². The molecule has 0 saturated carbocycles. The Kier molecular flexibility index (Phi) is 2.40. The van der Waals surface area contributed by atoms with Gasteiger partial charge in [-0.3, -0.25) is 9.78 Å². The second-order valence-corrected chi connectivity index (χ2v) is 4.68. The fourth-order valence-corrected chi connectivity index (χ4v) is 2.51. The zero-order valence-electron chi connectivity index (χ0n) is 10.5. The maximum absolute atomic E-state index is 11.2. The summed E-state index contributed by atoms with van der Waals surface area (Å²) in [7, 11) is 2.05. The van der Waals surface area contributed by atoms with E-state index in [0.717, 1.165) is 10.9 Å². The molecule has 0 unspecified atom stereocenters. The number of hydrogen-bond acceptors (Lipinski definition) is 2. The van der Waals surface area contributed by atoms with Crippen LogP contribution in [0, 0.1) is 0 Å². The quantitative estimate of drug-likeness (QED) is 0.688. The third kappa shape index (κ3) is 1.59. The topological polar surface area (TPSA) is 34.9 Å². The van der Waals surface area contributed by atoms with Crippen molar-refractivity contribution in [2.24, 2.45) is 7.05 Å². The molecule has 0 aliphatic carbocycles. The van der Waals surface area contributed by atoms with Crippen LogP contribution in [0.15, 0.2) is 36.7 Å². The van der Waals surface area contributed by atoms with Crippen LogP contribution in [-0.2, 0) is 18.3 Å². The van der Waals surface area contributed by atoms with E-state index in [4.69, 9.17) is 0 Å². The molecule has 0 radical (unpaired) electrons. The number of fused-ring (bicyclic) bond motifs is 3. The lowest BCUT2D eigenvalue weighted by Gasteiger charge is -2.00. The van der Waals surface area contributed by atoms with Gasteiger partial charge in [-0.25, -0.2) is 0 Å². The van der Waals surface area contributed by atoms with Gasteiger partial charge in [0.15, 0.2) is 0 Å². The lowest BCUT2D eigenvalue weighted by atomic mass is 10.1. The van der Waals surface area contributed by atoms with E-state index >= 15 is 0 Å². The summed E-state index contributed by atoms with van der Waals surface area (Å²) >= 11 is 0. The number of carbonyl (C=O) groups excluding carboxylic acids is 1. The highest BCUT2D eigenvalue weighted by molar-refractivity contribution is 6.07. The Morgan fingerprint density at radius 1 is 1.22 bits per heavy atom. The van der Waals surface area contributed by atoms with Gasteiger partial charge in [0.05, 0.1) is 5.52 Å². The number of aromatic nitrogens is 2. The van der Waals surface area contributed by atoms with Crippen molar-refractivity contribution in [1.29, 1.82) is 0 Å². The third-order valence-corrected chi connectivity index (χ3v) is 3.32. The lowest BCUT2D eigenvalue weighted by Crippen LogP contribution is -1.95. The van der Waals surface area contributed by atoms with Crippen molar-refractivity contribution in [3.63, 3.8) is 0 Å². The molecule has 0 fully saturated rings. The zero-order chi connectivity index (χ0) is 12.7. The smallest absolute Gasteiger partial charge is 0.134 e. The average Bonchev–Trinajstić information content (AvgIpc) is 2.63. The summed E-state index contributed by atoms with van der Waals surface area (Å²) < 4.78 is 2.16. The van der Waals surface area contributed by atoms with Gasteiger partial charge in [-0.15, -0.1) is 0 Å². The van der Waals surface area contributed by atoms with Gasteiger partial charge in [0.2, 0.25) is 0 Å². The first-order valence-corrected chi connectivity index (χ1v) is 5.97. The summed E-state index contributed by atoms with van der Waals surface area (Å²) in [6.07, 6.45) is 4.18. The van der Waals surface area contributed by atoms with Gasteiger partial charge in [0.25, 0.3) is 0 Å². The summed E-state index contributed by atoms with van der Waals surface area (Å²) in [6, 6.07) is 8.21. The van der Waals surface area contributed by atoms with E-state index in [1.807, 2.05) is 18.3 Å². The largest absolute Gasteiger partial charge is 0.344 e. The van der Waals surface area contributed by atoms with E-state index in [2.05, 4.69) is 28.7 Å². The van der Waals surface area contributed by atoms with E-state index < -0.39 is 0 Å². The van der Waals surface area contributed by atoms with Crippen LogP contribution in [0.2, 0.25) is 0 Å². The van der Waals surface area contributed by atoms with Crippen LogP contribution in [0.5, 0.6) is 0 Å². The molecule has 0 aliphatic heterocycles. The number of nitrogens with zero attached hydrogens (tertiary/aromatic N) is 2. The van der Waals surface area contributed by atoms with Gasteiger partial charge >= 0.3 is 0 Å². The van der Waals surface area contributed by atoms with Gasteiger partial charge in [-0.05, 0) is 30.7 Å². The summed E-state index contributed by atoms with van der Waals surface area (Å²) in [6.45, 7) is 1.62. The minimum absolute atomic E-state index is 0.188. The summed E-state index contributed by atoms with van der Waals surface area (Å²) in [5.74, 6) is 0.188. The molecule has 0 bridgehead atoms. The van der Waals surface area contributed by atoms with Crippen LogP contribution in [0.1, 0.15) is 12.5 Å². The fourth-order valence-electron chi connectivity index (χ4n) is 2.51. The number of ketones is 1. The van der Waals surface area contributed by atoms with Crippen LogP contribution < -0.4 is 0 Å². The minimum Gasteiger partial charge on any atom is -0.344 e. The Hall–Kier alpha value is -2.16. The highest BCUT2D eigenvalue weighted by atomic mass is 16.1. The maximum Gasteiger partial charge on any atom is 0.134 e. The number of rotatable bonds is 2. The number of benzene rings is 1. The molecule has 2 aromatic heterocycles. The van der Waals surface area contributed by atoms with E-state index in [0.29, 0.717) is 6.42 Å². The van der Waals surface area contributed by atoms with Crippen molar-refractivity contribution >= 4 is 27.6 Å². The van der Waals surface area contributed by atoms with Gasteiger partial charge in [0.1, 0.15) is 5.78 Å². The number of Topliss-reactive ketones (excluding diaryl/α,β-unsaturated/α-hetero) is 1. The van der Waals surface area contributed by atoms with Crippen molar-refractivity contribution in [2.45, 2.75) is 13.3 Å². The number of hydrogen-bond donors (Lipinski definition) is 0. The van der Waals surface area contributed by atoms with Gasteiger partial charge in [-0.2, -0.15) is 0 Å². The molecular weight excluding hydrogens is 224 g/mol. The van der Waals surface area contributed by atoms with E-state index in [-0.39, 0.29) is 5.78 Å². The Labute approximate surface area is 105 Å². The molecule has 3 heteroatoms. The van der Waals surface area contributed by atoms with Gasteiger partial charge in [0, 0.05) is 42.2 Å². The van der Waals surface area contributed by atoms with Gasteiger partial charge in [-0.1, -0.05) is 6.07 Å². The molecule has 0 N–H and O–H groups in total. The molecule has 0 aliphatic rings. The Balaban J connectivity index is 2.33. The molecular formula is C15H14N2O. The second-order valence-electron chi connectivity index (χ2n) is 4.68. The molecule has 3 nitrogen and oxygen atoms in total. The molecule has 18 heavy (non-hydrogen) atoms. The van der Waals surface area contributed by atoms with Crippen molar-refractivity contribution in [1.82, 2.24) is 9.55 Å². The van der Waals surface area contributed by atoms with Crippen molar-refractivity contribution in [2.75, 3.05) is 0 Å². The number of carbonyl (C=O) groups is 1. The minimum atomic E-state index is 0.188. The second kappa shape index (κ2) is 3.95. The van der Waals surface area contributed by atoms with Crippen molar-refractivity contribution in [3.05, 3.63) is 42.2 Å². The van der Waals surface area contributed by atoms with Crippen LogP contribution in [0.25, 0.3) is 21.8 Å². The third-order valence-electron chi connectivity index (χ3n) is 3.32. The molecule has 0 spiro atoms. The van der Waals surface area contributed by atoms with Crippen molar-refractivity contribution in [3.8, 4) is 0 Å². The van der Waals surface area contributed by atoms with Crippen LogP contribution in [-0.4, -0.2) is 15.3 Å².